The molecule has 136 heavy (non-hydrogen) atoms. The van der Waals surface area contributed by atoms with Crippen molar-refractivity contribution in [2.45, 2.75) is 0 Å². The lowest BCUT2D eigenvalue weighted by Crippen LogP contribution is -2.02. The summed E-state index contributed by atoms with van der Waals surface area (Å²) in [5, 5.41) is 9.85. The number of fused-ring (bicyclic) bond motifs is 14. The van der Waals surface area contributed by atoms with E-state index in [1.807, 2.05) is 108 Å². The normalized spacial score (nSPS) is 11.5. The van der Waals surface area contributed by atoms with E-state index in [0.29, 0.717) is 34.9 Å². The Labute approximate surface area is 792 Å². The number of hydrogen-bond acceptors (Lipinski definition) is 10. The van der Waals surface area contributed by atoms with Crippen molar-refractivity contribution < 1.29 is 0 Å². The highest BCUT2D eigenvalue weighted by Gasteiger charge is 2.28. The number of thiophene rings is 2. The molecule has 0 aliphatic rings. The van der Waals surface area contributed by atoms with Crippen molar-refractivity contribution in [3.05, 3.63) is 473 Å². The summed E-state index contributed by atoms with van der Waals surface area (Å²) < 4.78 is 9.64. The second-order valence-corrected chi connectivity index (χ2v) is 36.0. The van der Waals surface area contributed by atoms with E-state index >= 15 is 0 Å². The molecule has 26 aromatic rings. The maximum atomic E-state index is 5.55. The van der Waals surface area contributed by atoms with E-state index in [1.165, 1.54) is 79.3 Å². The van der Waals surface area contributed by atoms with Gasteiger partial charge >= 0.3 is 0 Å². The highest BCUT2D eigenvalue weighted by atomic mass is 32.1. The summed E-state index contributed by atoms with van der Waals surface area (Å²) in [6, 6.07) is 162. The van der Waals surface area contributed by atoms with Gasteiger partial charge < -0.3 is 9.13 Å². The summed E-state index contributed by atoms with van der Waals surface area (Å²) in [7, 11) is 0. The molecule has 0 radical (unpaired) electrons. The van der Waals surface area contributed by atoms with Crippen molar-refractivity contribution in [2.75, 3.05) is 0 Å². The standard InChI is InChI=1S/2C62H39N5S/c1-6-20-40(21-7-1)46-31-18-32-47(41-22-8-2-9-23-41)55(46)44-38-52(62-65-60(42-24-10-3-11-25-42)64-61(66-62)43-26-12-4-13-27-43)57(63-39-44)51-34-19-33-48-49-36-37-54-56(59(49)68-58(48)51)50-30-16-17-35-53(50)67(54)45-28-14-5-15-29-45;1-6-19-40(20-7-1)47-30-18-31-48(41-21-8-2-9-22-41)56(47)45-37-52(62-65-60(42-23-10-3-11-24-42)64-61(66-62)43-25-12-4-13-26-43)58(63-39-45)44-33-34-49-50-35-36-54-57(59(50)68-55(49)38-44)51-29-16-17-32-53(51)67(54)46-27-14-5-15-28-46/h2*1-39H. The zero-order chi connectivity index (χ0) is 89.9. The van der Waals surface area contributed by atoms with Crippen LogP contribution in [0.15, 0.2) is 473 Å². The van der Waals surface area contributed by atoms with E-state index in [0.717, 1.165) is 139 Å². The van der Waals surface area contributed by atoms with Gasteiger partial charge in [-0.3, -0.25) is 9.97 Å². The quantitative estimate of drug-likeness (QED) is 0.0940. The van der Waals surface area contributed by atoms with Gasteiger partial charge in [0.05, 0.1) is 33.5 Å². The summed E-state index contributed by atoms with van der Waals surface area (Å²) in [4.78, 5) is 42.5. The molecule has 8 aromatic heterocycles. The van der Waals surface area contributed by atoms with E-state index in [-0.39, 0.29) is 0 Å². The predicted molar refractivity (Wildman–Crippen MR) is 566 cm³/mol. The van der Waals surface area contributed by atoms with Gasteiger partial charge in [0.15, 0.2) is 34.9 Å². The summed E-state index contributed by atoms with van der Waals surface area (Å²) >= 11 is 3.67. The van der Waals surface area contributed by atoms with Gasteiger partial charge in [0, 0.05) is 141 Å². The molecule has 0 spiro atoms. The highest BCUT2D eigenvalue weighted by molar-refractivity contribution is 7.27. The molecule has 0 bridgehead atoms. The first-order valence-electron chi connectivity index (χ1n) is 45.6. The summed E-state index contributed by atoms with van der Waals surface area (Å²) in [5.41, 5.74) is 29.0. The Bertz CT molecular complexity index is 8820. The Morgan fingerprint density at radius 2 is 0.478 bits per heavy atom. The van der Waals surface area contributed by atoms with Gasteiger partial charge in [0.25, 0.3) is 0 Å². The van der Waals surface area contributed by atoms with Gasteiger partial charge in [-0.1, -0.05) is 394 Å². The minimum absolute atomic E-state index is 0.548. The lowest BCUT2D eigenvalue weighted by Gasteiger charge is -2.18. The van der Waals surface area contributed by atoms with Crippen LogP contribution in [0.5, 0.6) is 0 Å². The number of rotatable bonds is 16. The minimum atomic E-state index is 0.548. The van der Waals surface area contributed by atoms with Gasteiger partial charge in [0.2, 0.25) is 0 Å². The molecule has 0 atom stereocenters. The van der Waals surface area contributed by atoms with Gasteiger partial charge in [0.1, 0.15) is 0 Å². The number of benzene rings is 18. The molecule has 0 aliphatic carbocycles. The van der Waals surface area contributed by atoms with E-state index in [9.17, 15) is 0 Å². The van der Waals surface area contributed by atoms with Crippen molar-refractivity contribution in [3.63, 3.8) is 0 Å². The molecule has 0 unspecified atom stereocenters. The van der Waals surface area contributed by atoms with Crippen molar-refractivity contribution >= 4 is 107 Å². The Kier molecular flexibility index (Phi) is 20.4. The largest absolute Gasteiger partial charge is 0.309 e. The van der Waals surface area contributed by atoms with Crippen LogP contribution >= 0.6 is 22.7 Å². The predicted octanol–water partition coefficient (Wildman–Crippen LogP) is 32.8. The zero-order valence-electron chi connectivity index (χ0n) is 73.3. The molecule has 0 saturated carbocycles. The molecule has 0 N–H and O–H groups in total. The van der Waals surface area contributed by atoms with E-state index < -0.39 is 0 Å². The first kappa shape index (κ1) is 80.4. The first-order chi connectivity index (χ1) is 67.5. The number of hydrogen-bond donors (Lipinski definition) is 0. The fourth-order valence-electron chi connectivity index (χ4n) is 19.6. The summed E-state index contributed by atoms with van der Waals surface area (Å²) in [6.45, 7) is 0. The lowest BCUT2D eigenvalue weighted by molar-refractivity contribution is 1.07. The first-order valence-corrected chi connectivity index (χ1v) is 47.2. The molecule has 0 saturated heterocycles. The average Bonchev–Trinajstić information content (AvgIpc) is 1.39. The third-order valence-electron chi connectivity index (χ3n) is 25.8. The number of aromatic nitrogens is 10. The topological polar surface area (TPSA) is 113 Å². The maximum absolute atomic E-state index is 5.55. The Balaban J connectivity index is 0.000000145. The van der Waals surface area contributed by atoms with Crippen molar-refractivity contribution in [2.24, 2.45) is 0 Å². The minimum Gasteiger partial charge on any atom is -0.309 e. The van der Waals surface area contributed by atoms with Crippen molar-refractivity contribution in [3.8, 4) is 169 Å². The van der Waals surface area contributed by atoms with Crippen LogP contribution in [0, 0.1) is 0 Å². The third-order valence-corrected chi connectivity index (χ3v) is 28.3. The number of para-hydroxylation sites is 4. The van der Waals surface area contributed by atoms with Crippen LogP contribution in [-0.4, -0.2) is 49.0 Å². The van der Waals surface area contributed by atoms with Gasteiger partial charge in [-0.15, -0.1) is 22.7 Å². The second-order valence-electron chi connectivity index (χ2n) is 33.9. The third kappa shape index (κ3) is 14.4. The SMILES string of the molecule is c1ccc(-c2nc(-c3ccccc3)nc(-c3cc(-c4c(-c5ccccc5)cccc4-c4ccccc4)cnc3-c3ccc4c(c3)sc3c4ccc4c3c3ccccc3n4-c3ccccc3)n2)cc1.c1ccc(-c2nc(-c3ccccc3)nc(-c3cc(-c4c(-c5ccccc5)cccc4-c4ccccc4)cnc3-c3cccc4c3sc3c4ccc4c3c3ccccc3n4-c3ccccc3)n2)cc1. The molecule has 18 aromatic carbocycles. The van der Waals surface area contributed by atoms with Gasteiger partial charge in [-0.2, -0.15) is 0 Å². The molecule has 8 heterocycles. The molecular formula is C124H78N10S2. The van der Waals surface area contributed by atoms with Gasteiger partial charge in [-0.05, 0) is 122 Å². The zero-order valence-corrected chi connectivity index (χ0v) is 75.0. The number of pyridine rings is 2. The fourth-order valence-corrected chi connectivity index (χ4v) is 22.3. The lowest BCUT2D eigenvalue weighted by atomic mass is 9.87. The molecule has 0 fully saturated rings. The Hall–Kier alpha value is -17.7. The molecule has 0 aliphatic heterocycles. The molecule has 10 nitrogen and oxygen atoms in total. The van der Waals surface area contributed by atoms with E-state index in [1.54, 1.807) is 0 Å². The average molecular weight is 1770 g/mol. The van der Waals surface area contributed by atoms with Crippen LogP contribution in [-0.2, 0) is 0 Å². The summed E-state index contributed by atoms with van der Waals surface area (Å²) in [6.07, 6.45) is 4.07. The van der Waals surface area contributed by atoms with Crippen LogP contribution < -0.4 is 0 Å². The van der Waals surface area contributed by atoms with Crippen LogP contribution in [0.1, 0.15) is 0 Å². The Morgan fingerprint density at radius 3 is 0.882 bits per heavy atom. The highest BCUT2D eigenvalue weighted by Crippen LogP contribution is 2.52. The van der Waals surface area contributed by atoms with Crippen LogP contribution in [0.2, 0.25) is 0 Å². The molecule has 12 heteroatoms. The number of nitrogens with zero attached hydrogens (tertiary/aromatic N) is 10. The van der Waals surface area contributed by atoms with Crippen LogP contribution in [0.25, 0.3) is 253 Å². The van der Waals surface area contributed by atoms with Crippen LogP contribution in [0.3, 0.4) is 0 Å². The molecule has 0 amide bonds. The van der Waals surface area contributed by atoms with Crippen molar-refractivity contribution in [1.29, 1.82) is 0 Å². The van der Waals surface area contributed by atoms with Crippen LogP contribution in [0.4, 0.5) is 0 Å². The van der Waals surface area contributed by atoms with Gasteiger partial charge in [-0.25, -0.2) is 29.9 Å². The van der Waals surface area contributed by atoms with Crippen molar-refractivity contribution in [1.82, 2.24) is 49.0 Å². The smallest absolute Gasteiger partial charge is 0.166 e. The molecule has 26 rings (SSSR count). The van der Waals surface area contributed by atoms with E-state index in [4.69, 9.17) is 39.9 Å². The molecular weight excluding hydrogens is 1690 g/mol. The monoisotopic (exact) mass is 1770 g/mol. The Morgan fingerprint density at radius 1 is 0.176 bits per heavy atom. The molecule has 636 valence electrons. The van der Waals surface area contributed by atoms with E-state index in [2.05, 4.69) is 397 Å². The second kappa shape index (κ2) is 34.6. The fraction of sp³-hybridized carbons (Fsp3) is 0. The maximum Gasteiger partial charge on any atom is 0.166 e. The summed E-state index contributed by atoms with van der Waals surface area (Å²) in [5.74, 6) is 3.48.